The van der Waals surface area contributed by atoms with E-state index in [-0.39, 0.29) is 11.6 Å². The molecule has 1 N–H and O–H groups in total. The number of aryl methyl sites for hydroxylation is 2. The van der Waals surface area contributed by atoms with Crippen LogP contribution in [0.3, 0.4) is 0 Å². The van der Waals surface area contributed by atoms with Crippen molar-refractivity contribution in [2.24, 2.45) is 0 Å². The molecule has 0 unspecified atom stereocenters. The van der Waals surface area contributed by atoms with Gasteiger partial charge in [-0.25, -0.2) is 4.79 Å². The van der Waals surface area contributed by atoms with E-state index in [9.17, 15) is 9.59 Å². The molecule has 0 fully saturated rings. The van der Waals surface area contributed by atoms with Crippen molar-refractivity contribution in [3.8, 4) is 0 Å². The van der Waals surface area contributed by atoms with Gasteiger partial charge in [0.2, 0.25) is 5.91 Å². The van der Waals surface area contributed by atoms with Gasteiger partial charge in [-0.05, 0) is 41.9 Å². The lowest BCUT2D eigenvalue weighted by Gasteiger charge is -2.07. The van der Waals surface area contributed by atoms with E-state index in [2.05, 4.69) is 21.2 Å². The summed E-state index contributed by atoms with van der Waals surface area (Å²) in [5.74, 6) is -0.139. The standard InChI is InChI=1S/C13H16BrN3O2/c1-4-16-11-6-9(14)10(15-8(3)18)7-12(11)17(5-2)13(16)19/h6-7H,4-5H2,1-3H3,(H,15,18). The maximum atomic E-state index is 12.2. The van der Waals surface area contributed by atoms with Gasteiger partial charge in [-0.1, -0.05) is 0 Å². The first-order chi connectivity index (χ1) is 8.99. The van der Waals surface area contributed by atoms with Crippen LogP contribution in [0.25, 0.3) is 11.0 Å². The Morgan fingerprint density at radius 1 is 1.21 bits per heavy atom. The number of imidazole rings is 1. The van der Waals surface area contributed by atoms with Gasteiger partial charge in [-0.3, -0.25) is 13.9 Å². The number of halogens is 1. The van der Waals surface area contributed by atoms with Crippen LogP contribution in [0.15, 0.2) is 21.4 Å². The first-order valence-corrected chi connectivity index (χ1v) is 6.99. The summed E-state index contributed by atoms with van der Waals surface area (Å²) in [5, 5.41) is 2.75. The Morgan fingerprint density at radius 2 is 1.74 bits per heavy atom. The fourth-order valence-electron chi connectivity index (χ4n) is 2.23. The van der Waals surface area contributed by atoms with Gasteiger partial charge in [0, 0.05) is 24.5 Å². The molecule has 0 bridgehead atoms. The second kappa shape index (κ2) is 5.21. The van der Waals surface area contributed by atoms with Crippen molar-refractivity contribution in [1.29, 1.82) is 0 Å². The molecule has 0 atom stereocenters. The minimum atomic E-state index is -0.139. The van der Waals surface area contributed by atoms with E-state index in [4.69, 9.17) is 0 Å². The minimum Gasteiger partial charge on any atom is -0.325 e. The SMILES string of the molecule is CCn1c(=O)n(CC)c2cc(NC(C)=O)c(Br)cc21. The summed E-state index contributed by atoms with van der Waals surface area (Å²) in [6, 6.07) is 3.70. The molecule has 102 valence electrons. The molecule has 0 aliphatic rings. The Hall–Kier alpha value is -1.56. The van der Waals surface area contributed by atoms with Crippen molar-refractivity contribution in [2.75, 3.05) is 5.32 Å². The van der Waals surface area contributed by atoms with E-state index >= 15 is 0 Å². The third kappa shape index (κ3) is 2.32. The quantitative estimate of drug-likeness (QED) is 0.942. The number of anilines is 1. The molecule has 1 amide bonds. The molecule has 19 heavy (non-hydrogen) atoms. The lowest BCUT2D eigenvalue weighted by molar-refractivity contribution is -0.114. The summed E-state index contributed by atoms with van der Waals surface area (Å²) in [6.07, 6.45) is 0. The number of amides is 1. The minimum absolute atomic E-state index is 0.0214. The zero-order chi connectivity index (χ0) is 14.2. The Kier molecular flexibility index (Phi) is 3.80. The van der Waals surface area contributed by atoms with Crippen molar-refractivity contribution in [3.05, 3.63) is 27.1 Å². The molecule has 1 heterocycles. The van der Waals surface area contributed by atoms with Crippen LogP contribution in [0, 0.1) is 0 Å². The fourth-order valence-corrected chi connectivity index (χ4v) is 2.66. The van der Waals surface area contributed by atoms with Gasteiger partial charge in [0.25, 0.3) is 0 Å². The third-order valence-electron chi connectivity index (χ3n) is 3.05. The zero-order valence-electron chi connectivity index (χ0n) is 11.2. The average molecular weight is 326 g/mol. The highest BCUT2D eigenvalue weighted by Gasteiger charge is 2.14. The van der Waals surface area contributed by atoms with E-state index in [1.807, 2.05) is 26.0 Å². The second-order valence-electron chi connectivity index (χ2n) is 4.27. The third-order valence-corrected chi connectivity index (χ3v) is 3.71. The molecule has 2 rings (SSSR count). The smallest absolute Gasteiger partial charge is 0.325 e. The van der Waals surface area contributed by atoms with E-state index in [0.717, 1.165) is 15.5 Å². The van der Waals surface area contributed by atoms with Crippen LogP contribution in [0.4, 0.5) is 5.69 Å². The van der Waals surface area contributed by atoms with Crippen LogP contribution in [0.2, 0.25) is 0 Å². The number of rotatable bonds is 3. The molecule has 0 spiro atoms. The van der Waals surface area contributed by atoms with Gasteiger partial charge in [0.15, 0.2) is 0 Å². The number of nitrogens with one attached hydrogen (secondary N) is 1. The van der Waals surface area contributed by atoms with Crippen molar-refractivity contribution in [3.63, 3.8) is 0 Å². The molecule has 2 aromatic rings. The molecule has 0 radical (unpaired) electrons. The number of hydrogen-bond acceptors (Lipinski definition) is 2. The highest BCUT2D eigenvalue weighted by molar-refractivity contribution is 9.10. The number of carbonyl (C=O) groups excluding carboxylic acids is 1. The largest absolute Gasteiger partial charge is 0.329 e. The predicted molar refractivity (Wildman–Crippen MR) is 79.5 cm³/mol. The first-order valence-electron chi connectivity index (χ1n) is 6.19. The lowest BCUT2D eigenvalue weighted by Crippen LogP contribution is -2.23. The topological polar surface area (TPSA) is 56.0 Å². The summed E-state index contributed by atoms with van der Waals surface area (Å²) in [5.41, 5.74) is 2.36. The van der Waals surface area contributed by atoms with Crippen molar-refractivity contribution in [2.45, 2.75) is 33.9 Å². The van der Waals surface area contributed by atoms with Crippen LogP contribution in [0.1, 0.15) is 20.8 Å². The maximum absolute atomic E-state index is 12.2. The Balaban J connectivity index is 2.78. The van der Waals surface area contributed by atoms with Crippen molar-refractivity contribution in [1.82, 2.24) is 9.13 Å². The average Bonchev–Trinajstić information content (AvgIpc) is 2.60. The number of carbonyl (C=O) groups is 1. The normalized spacial score (nSPS) is 10.9. The molecule has 0 aliphatic heterocycles. The highest BCUT2D eigenvalue weighted by atomic mass is 79.9. The van der Waals surface area contributed by atoms with Gasteiger partial charge in [-0.2, -0.15) is 0 Å². The molecular formula is C13H16BrN3O2. The molecule has 0 saturated heterocycles. The summed E-state index contributed by atoms with van der Waals surface area (Å²) < 4.78 is 4.20. The first kappa shape index (κ1) is 13.9. The number of hydrogen-bond donors (Lipinski definition) is 1. The maximum Gasteiger partial charge on any atom is 0.329 e. The zero-order valence-corrected chi connectivity index (χ0v) is 12.7. The number of nitrogens with zero attached hydrogens (tertiary/aromatic N) is 2. The van der Waals surface area contributed by atoms with Crippen LogP contribution in [-0.2, 0) is 17.9 Å². The van der Waals surface area contributed by atoms with E-state index in [0.29, 0.717) is 18.8 Å². The molecule has 5 nitrogen and oxygen atoms in total. The molecule has 0 aliphatic carbocycles. The summed E-state index contributed by atoms with van der Waals surface area (Å²) >= 11 is 3.43. The fraction of sp³-hybridized carbons (Fsp3) is 0.385. The molecule has 1 aromatic carbocycles. The lowest BCUT2D eigenvalue weighted by atomic mass is 10.2. The molecule has 6 heteroatoms. The highest BCUT2D eigenvalue weighted by Crippen LogP contribution is 2.28. The number of benzene rings is 1. The van der Waals surface area contributed by atoms with Crippen LogP contribution in [0.5, 0.6) is 0 Å². The van der Waals surface area contributed by atoms with Crippen LogP contribution < -0.4 is 11.0 Å². The van der Waals surface area contributed by atoms with E-state index in [1.54, 1.807) is 9.13 Å². The molecule has 1 aromatic heterocycles. The van der Waals surface area contributed by atoms with E-state index < -0.39 is 0 Å². The predicted octanol–water partition coefficient (Wildman–Crippen LogP) is 2.56. The summed E-state index contributed by atoms with van der Waals surface area (Å²) in [4.78, 5) is 23.4. The van der Waals surface area contributed by atoms with Crippen molar-refractivity contribution >= 4 is 38.6 Å². The Morgan fingerprint density at radius 3 is 2.21 bits per heavy atom. The summed E-state index contributed by atoms with van der Waals surface area (Å²) in [6.45, 7) is 6.55. The van der Waals surface area contributed by atoms with Gasteiger partial charge in [-0.15, -0.1) is 0 Å². The van der Waals surface area contributed by atoms with Gasteiger partial charge < -0.3 is 5.32 Å². The monoisotopic (exact) mass is 325 g/mol. The van der Waals surface area contributed by atoms with Gasteiger partial charge >= 0.3 is 5.69 Å². The van der Waals surface area contributed by atoms with Gasteiger partial charge in [0.05, 0.1) is 16.7 Å². The van der Waals surface area contributed by atoms with Crippen LogP contribution in [-0.4, -0.2) is 15.0 Å². The number of aromatic nitrogens is 2. The second-order valence-corrected chi connectivity index (χ2v) is 5.13. The Bertz CT molecular complexity index is 700. The number of fused-ring (bicyclic) bond motifs is 1. The van der Waals surface area contributed by atoms with Crippen molar-refractivity contribution < 1.29 is 4.79 Å². The van der Waals surface area contributed by atoms with Gasteiger partial charge in [0.1, 0.15) is 0 Å². The van der Waals surface area contributed by atoms with Crippen LogP contribution >= 0.6 is 15.9 Å². The molecular weight excluding hydrogens is 310 g/mol. The van der Waals surface area contributed by atoms with E-state index in [1.165, 1.54) is 6.92 Å². The summed E-state index contributed by atoms with van der Waals surface area (Å²) in [7, 11) is 0. The molecule has 0 saturated carbocycles. The Labute approximate surface area is 119 Å².